The summed E-state index contributed by atoms with van der Waals surface area (Å²) >= 11 is 0. The number of likely N-dealkylation sites (N-methyl/N-ethyl adjacent to an activating group) is 1. The van der Waals surface area contributed by atoms with Gasteiger partial charge in [-0.25, -0.2) is 0 Å². The topological polar surface area (TPSA) is 117 Å². The third-order valence-corrected chi connectivity index (χ3v) is 3.67. The number of anilines is 1. The summed E-state index contributed by atoms with van der Waals surface area (Å²) in [6.07, 6.45) is 0. The molecule has 0 unspecified atom stereocenters. The third kappa shape index (κ3) is 10.8. The van der Waals surface area contributed by atoms with E-state index in [1.165, 1.54) is 0 Å². The van der Waals surface area contributed by atoms with E-state index in [0.29, 0.717) is 17.8 Å². The molecule has 0 bridgehead atoms. The monoisotopic (exact) mass is 421 g/mol. The Morgan fingerprint density at radius 2 is 1.56 bits per heavy atom. The van der Waals surface area contributed by atoms with Gasteiger partial charge in [-0.15, -0.1) is 24.8 Å². The zero-order chi connectivity index (χ0) is 18.7. The van der Waals surface area contributed by atoms with Gasteiger partial charge in [0.15, 0.2) is 0 Å². The first-order valence-corrected chi connectivity index (χ1v) is 8.37. The molecule has 0 saturated carbocycles. The Balaban J connectivity index is 0. The van der Waals surface area contributed by atoms with Crippen LogP contribution < -0.4 is 21.7 Å². The van der Waals surface area contributed by atoms with Crippen LogP contribution in [0.25, 0.3) is 0 Å². The maximum Gasteiger partial charge on any atom is 0.251 e. The van der Waals surface area contributed by atoms with E-state index in [1.807, 2.05) is 0 Å². The molecule has 0 aliphatic rings. The first-order chi connectivity index (χ1) is 12.0. The molecule has 27 heavy (non-hydrogen) atoms. The molecule has 5 N–H and O–H groups in total. The quantitative estimate of drug-likeness (QED) is 0.441. The van der Waals surface area contributed by atoms with E-state index in [-0.39, 0.29) is 49.7 Å². The van der Waals surface area contributed by atoms with Gasteiger partial charge < -0.3 is 26.6 Å². The summed E-state index contributed by atoms with van der Waals surface area (Å²) < 4.78 is 0. The highest BCUT2D eigenvalue weighted by molar-refractivity contribution is 5.97. The Kier molecular flexibility index (Phi) is 15.4. The first kappa shape index (κ1) is 27.3. The smallest absolute Gasteiger partial charge is 0.251 e. The number of hydrogen-bond acceptors (Lipinski definition) is 5. The molecule has 1 aromatic rings. The summed E-state index contributed by atoms with van der Waals surface area (Å²) in [6, 6.07) is 6.56. The van der Waals surface area contributed by atoms with Crippen LogP contribution in [0.2, 0.25) is 0 Å². The Hall–Kier alpha value is -1.87. The van der Waals surface area contributed by atoms with Gasteiger partial charge in [0.2, 0.25) is 11.8 Å². The maximum atomic E-state index is 12.1. The number of halogens is 2. The van der Waals surface area contributed by atoms with Gasteiger partial charge in [-0.2, -0.15) is 0 Å². The van der Waals surface area contributed by atoms with Crippen LogP contribution in [0.4, 0.5) is 5.69 Å². The number of nitrogens with zero attached hydrogens (tertiary/aromatic N) is 1. The minimum absolute atomic E-state index is 0. The fraction of sp³-hybridized carbons (Fsp3) is 0.471. The number of hydrogen-bond donors (Lipinski definition) is 4. The van der Waals surface area contributed by atoms with E-state index in [0.717, 1.165) is 19.6 Å². The molecule has 0 aliphatic heterocycles. The van der Waals surface area contributed by atoms with Crippen molar-refractivity contribution in [1.82, 2.24) is 15.5 Å². The summed E-state index contributed by atoms with van der Waals surface area (Å²) in [5.41, 5.74) is 6.21. The fourth-order valence-electron chi connectivity index (χ4n) is 2.13. The molecule has 3 amide bonds. The van der Waals surface area contributed by atoms with E-state index in [2.05, 4.69) is 34.7 Å². The van der Waals surface area contributed by atoms with Crippen LogP contribution in [0.15, 0.2) is 24.3 Å². The summed E-state index contributed by atoms with van der Waals surface area (Å²) in [5, 5.41) is 7.88. The van der Waals surface area contributed by atoms with Gasteiger partial charge >= 0.3 is 0 Å². The van der Waals surface area contributed by atoms with Gasteiger partial charge in [-0.3, -0.25) is 14.4 Å². The second-order valence-corrected chi connectivity index (χ2v) is 5.39. The number of nitrogens with two attached hydrogens (primary N) is 1. The molecule has 8 nitrogen and oxygen atoms in total. The molecule has 0 aromatic heterocycles. The predicted octanol–water partition coefficient (Wildman–Crippen LogP) is 0.615. The lowest BCUT2D eigenvalue weighted by atomic mass is 10.2. The van der Waals surface area contributed by atoms with Crippen molar-refractivity contribution in [3.05, 3.63) is 29.8 Å². The molecule has 0 heterocycles. The molecule has 10 heteroatoms. The fourth-order valence-corrected chi connectivity index (χ4v) is 2.13. The summed E-state index contributed by atoms with van der Waals surface area (Å²) in [6.45, 7) is 7.15. The summed E-state index contributed by atoms with van der Waals surface area (Å²) in [5.74, 6) is -0.912. The van der Waals surface area contributed by atoms with Gasteiger partial charge in [0, 0.05) is 24.3 Å². The van der Waals surface area contributed by atoms with E-state index >= 15 is 0 Å². The van der Waals surface area contributed by atoms with Crippen molar-refractivity contribution >= 4 is 48.2 Å². The van der Waals surface area contributed by atoms with Crippen LogP contribution in [0.3, 0.4) is 0 Å². The van der Waals surface area contributed by atoms with E-state index < -0.39 is 5.91 Å². The van der Waals surface area contributed by atoms with Gasteiger partial charge in [0.1, 0.15) is 0 Å². The maximum absolute atomic E-state index is 12.1. The molecule has 0 aliphatic carbocycles. The number of carbonyl (C=O) groups is 3. The third-order valence-electron chi connectivity index (χ3n) is 3.67. The molecule has 1 rings (SSSR count). The molecule has 0 spiro atoms. The van der Waals surface area contributed by atoms with Crippen LogP contribution >= 0.6 is 24.8 Å². The van der Waals surface area contributed by atoms with Crippen molar-refractivity contribution < 1.29 is 14.4 Å². The van der Waals surface area contributed by atoms with Crippen molar-refractivity contribution in [3.8, 4) is 0 Å². The highest BCUT2D eigenvalue weighted by atomic mass is 35.5. The van der Waals surface area contributed by atoms with E-state index in [9.17, 15) is 14.4 Å². The van der Waals surface area contributed by atoms with Gasteiger partial charge in [0.25, 0.3) is 5.91 Å². The van der Waals surface area contributed by atoms with E-state index in [4.69, 9.17) is 5.73 Å². The van der Waals surface area contributed by atoms with Crippen molar-refractivity contribution in [2.45, 2.75) is 13.8 Å². The standard InChI is InChI=1S/C17H27N5O3.2ClH/c1-3-22(4-2)10-9-19-17(25)13-5-7-14(8-6-13)21-16(24)12-20-15(23)11-18;;/h5-8H,3-4,9-12,18H2,1-2H3,(H,19,25)(H,20,23)(H,21,24);2*1H. The average molecular weight is 422 g/mol. The Bertz CT molecular complexity index is 580. The molecule has 1 aromatic carbocycles. The number of amides is 3. The minimum atomic E-state index is -0.396. The summed E-state index contributed by atoms with van der Waals surface area (Å²) in [7, 11) is 0. The Morgan fingerprint density at radius 3 is 2.07 bits per heavy atom. The van der Waals surface area contributed by atoms with Crippen molar-refractivity contribution in [2.75, 3.05) is 44.6 Å². The number of carbonyl (C=O) groups excluding carboxylic acids is 3. The zero-order valence-electron chi connectivity index (χ0n) is 15.6. The molecule has 154 valence electrons. The second-order valence-electron chi connectivity index (χ2n) is 5.39. The van der Waals surface area contributed by atoms with Crippen LogP contribution in [0.1, 0.15) is 24.2 Å². The number of rotatable bonds is 10. The average Bonchev–Trinajstić information content (AvgIpc) is 2.63. The van der Waals surface area contributed by atoms with E-state index in [1.54, 1.807) is 24.3 Å². The second kappa shape index (κ2) is 15.2. The van der Waals surface area contributed by atoms with Crippen molar-refractivity contribution in [3.63, 3.8) is 0 Å². The highest BCUT2D eigenvalue weighted by Crippen LogP contribution is 2.09. The Morgan fingerprint density at radius 1 is 0.963 bits per heavy atom. The SMILES string of the molecule is CCN(CC)CCNC(=O)c1ccc(NC(=O)CNC(=O)CN)cc1.Cl.Cl. The van der Waals surface area contributed by atoms with Crippen molar-refractivity contribution in [2.24, 2.45) is 5.73 Å². The van der Waals surface area contributed by atoms with Crippen LogP contribution in [-0.4, -0.2) is 61.9 Å². The largest absolute Gasteiger partial charge is 0.351 e. The lowest BCUT2D eigenvalue weighted by molar-refractivity contribution is -0.123. The minimum Gasteiger partial charge on any atom is -0.351 e. The van der Waals surface area contributed by atoms with Crippen molar-refractivity contribution in [1.29, 1.82) is 0 Å². The van der Waals surface area contributed by atoms with Crippen LogP contribution in [0.5, 0.6) is 0 Å². The first-order valence-electron chi connectivity index (χ1n) is 8.37. The predicted molar refractivity (Wildman–Crippen MR) is 112 cm³/mol. The van der Waals surface area contributed by atoms with Crippen LogP contribution in [-0.2, 0) is 9.59 Å². The Labute approximate surface area is 172 Å². The van der Waals surface area contributed by atoms with Gasteiger partial charge in [-0.05, 0) is 37.4 Å². The molecule has 0 atom stereocenters. The molecule has 0 radical (unpaired) electrons. The number of benzene rings is 1. The van der Waals surface area contributed by atoms with Gasteiger partial charge in [0.05, 0.1) is 13.1 Å². The lowest BCUT2D eigenvalue weighted by Gasteiger charge is -2.18. The summed E-state index contributed by atoms with van der Waals surface area (Å²) in [4.78, 5) is 36.9. The van der Waals surface area contributed by atoms with Gasteiger partial charge in [-0.1, -0.05) is 13.8 Å². The van der Waals surface area contributed by atoms with Crippen LogP contribution in [0, 0.1) is 0 Å². The zero-order valence-corrected chi connectivity index (χ0v) is 17.3. The normalized spacial score (nSPS) is 9.63. The highest BCUT2D eigenvalue weighted by Gasteiger charge is 2.08. The molecule has 0 saturated heterocycles. The molecule has 0 fully saturated rings. The number of nitrogens with one attached hydrogen (secondary N) is 3. The molecular formula is C17H29Cl2N5O3. The molecular weight excluding hydrogens is 393 g/mol. The lowest BCUT2D eigenvalue weighted by Crippen LogP contribution is -2.36.